The Hall–Kier alpha value is -1.84. The number of hydrogen-bond acceptors (Lipinski definition) is 2. The minimum Gasteiger partial charge on any atom is -0.267 e. The summed E-state index contributed by atoms with van der Waals surface area (Å²) in [7, 11) is 0. The molecule has 5 heteroatoms. The molecule has 0 fully saturated rings. The Morgan fingerprint density at radius 3 is 2.52 bits per heavy atom. The Morgan fingerprint density at radius 2 is 1.86 bits per heavy atom. The van der Waals surface area contributed by atoms with Gasteiger partial charge < -0.3 is 0 Å². The molecule has 2 rings (SSSR count). The van der Waals surface area contributed by atoms with E-state index in [0.717, 1.165) is 5.56 Å². The van der Waals surface area contributed by atoms with Crippen molar-refractivity contribution in [3.05, 3.63) is 69.7 Å². The zero-order chi connectivity index (χ0) is 15.2. The molecule has 0 heterocycles. The van der Waals surface area contributed by atoms with E-state index in [0.29, 0.717) is 15.6 Å². The Balaban J connectivity index is 1.97. The van der Waals surface area contributed by atoms with Gasteiger partial charge in [0.15, 0.2) is 0 Å². The van der Waals surface area contributed by atoms with E-state index < -0.39 is 0 Å². The maximum atomic E-state index is 11.9. The first-order valence-corrected chi connectivity index (χ1v) is 7.17. The number of carbonyl (C=O) groups excluding carboxylic acids is 1. The molecule has 0 radical (unpaired) electrons. The van der Waals surface area contributed by atoms with Crippen LogP contribution in [-0.4, -0.2) is 12.1 Å². The van der Waals surface area contributed by atoms with Crippen molar-refractivity contribution in [2.45, 2.75) is 12.8 Å². The van der Waals surface area contributed by atoms with Gasteiger partial charge in [-0.1, -0.05) is 60.5 Å². The summed E-state index contributed by atoms with van der Waals surface area (Å²) in [6, 6.07) is 14.6. The quantitative estimate of drug-likeness (QED) is 0.653. The molecule has 1 amide bonds. The molecule has 0 bridgehead atoms. The molecule has 0 saturated carbocycles. The summed E-state index contributed by atoms with van der Waals surface area (Å²) in [5.74, 6) is -0.217. The van der Waals surface area contributed by atoms with Crippen LogP contribution in [0.15, 0.2) is 53.6 Å². The summed E-state index contributed by atoms with van der Waals surface area (Å²) in [4.78, 5) is 11.9. The Bertz CT molecular complexity index is 657. The van der Waals surface area contributed by atoms with Gasteiger partial charge in [0, 0.05) is 17.7 Å². The molecule has 0 aliphatic heterocycles. The maximum absolute atomic E-state index is 11.9. The van der Waals surface area contributed by atoms with Gasteiger partial charge >= 0.3 is 0 Å². The zero-order valence-electron chi connectivity index (χ0n) is 11.4. The molecule has 21 heavy (non-hydrogen) atoms. The third-order valence-electron chi connectivity index (χ3n) is 2.97. The van der Waals surface area contributed by atoms with E-state index in [1.54, 1.807) is 18.3 Å². The maximum Gasteiger partial charge on any atom is 0.271 e. The highest BCUT2D eigenvalue weighted by molar-refractivity contribution is 6.42. The first-order valence-electron chi connectivity index (χ1n) is 6.41. The lowest BCUT2D eigenvalue weighted by Gasteiger charge is -2.05. The fourth-order valence-electron chi connectivity index (χ4n) is 1.75. The van der Waals surface area contributed by atoms with Crippen LogP contribution in [0.3, 0.4) is 0 Å². The number of hydrazone groups is 1. The molecule has 0 spiro atoms. The van der Waals surface area contributed by atoms with E-state index in [-0.39, 0.29) is 11.8 Å². The van der Waals surface area contributed by atoms with Crippen LogP contribution in [0.25, 0.3) is 0 Å². The molecule has 2 aromatic rings. The van der Waals surface area contributed by atoms with E-state index in [2.05, 4.69) is 10.5 Å². The number of nitrogens with one attached hydrogen (secondary N) is 1. The summed E-state index contributed by atoms with van der Waals surface area (Å²) >= 11 is 11.7. The summed E-state index contributed by atoms with van der Waals surface area (Å²) in [6.45, 7) is 2.00. The Labute approximate surface area is 133 Å². The van der Waals surface area contributed by atoms with Gasteiger partial charge in [0.25, 0.3) is 5.91 Å². The molecule has 1 N–H and O–H groups in total. The van der Waals surface area contributed by atoms with E-state index in [9.17, 15) is 4.79 Å². The largest absolute Gasteiger partial charge is 0.271 e. The summed E-state index contributed by atoms with van der Waals surface area (Å²) in [5, 5.41) is 4.73. The molecular weight excluding hydrogens is 307 g/mol. The van der Waals surface area contributed by atoms with Gasteiger partial charge in [0.05, 0.1) is 10.0 Å². The van der Waals surface area contributed by atoms with Gasteiger partial charge in [0.1, 0.15) is 0 Å². The summed E-state index contributed by atoms with van der Waals surface area (Å²) in [6.07, 6.45) is 1.69. The van der Waals surface area contributed by atoms with Crippen molar-refractivity contribution in [2.24, 2.45) is 5.10 Å². The number of halogens is 2. The molecule has 0 aliphatic carbocycles. The second-order valence-corrected chi connectivity index (χ2v) is 5.36. The highest BCUT2D eigenvalue weighted by Gasteiger charge is 2.07. The van der Waals surface area contributed by atoms with Crippen molar-refractivity contribution in [3.63, 3.8) is 0 Å². The Kier molecular flexibility index (Phi) is 5.37. The molecule has 2 aromatic carbocycles. The van der Waals surface area contributed by atoms with Gasteiger partial charge in [-0.25, -0.2) is 5.43 Å². The number of benzene rings is 2. The van der Waals surface area contributed by atoms with Crippen LogP contribution in [0, 0.1) is 0 Å². The van der Waals surface area contributed by atoms with Crippen LogP contribution < -0.4 is 5.43 Å². The van der Waals surface area contributed by atoms with Crippen molar-refractivity contribution in [2.75, 3.05) is 0 Å². The van der Waals surface area contributed by atoms with E-state index in [4.69, 9.17) is 23.2 Å². The lowest BCUT2D eigenvalue weighted by molar-refractivity contribution is 0.0955. The normalized spacial score (nSPS) is 12.3. The lowest BCUT2D eigenvalue weighted by atomic mass is 10.0. The third-order valence-corrected chi connectivity index (χ3v) is 3.71. The topological polar surface area (TPSA) is 41.5 Å². The predicted molar refractivity (Wildman–Crippen MR) is 87.3 cm³/mol. The van der Waals surface area contributed by atoms with Gasteiger partial charge in [-0.15, -0.1) is 0 Å². The molecule has 3 nitrogen and oxygen atoms in total. The van der Waals surface area contributed by atoms with Gasteiger partial charge in [-0.3, -0.25) is 4.79 Å². The van der Waals surface area contributed by atoms with Crippen molar-refractivity contribution < 1.29 is 4.79 Å². The van der Waals surface area contributed by atoms with E-state index >= 15 is 0 Å². The number of rotatable bonds is 4. The van der Waals surface area contributed by atoms with Crippen LogP contribution in [0.2, 0.25) is 10.0 Å². The van der Waals surface area contributed by atoms with Gasteiger partial charge in [-0.2, -0.15) is 5.10 Å². The van der Waals surface area contributed by atoms with Crippen molar-refractivity contribution >= 4 is 35.3 Å². The van der Waals surface area contributed by atoms with E-state index in [1.165, 1.54) is 6.07 Å². The van der Waals surface area contributed by atoms with Crippen LogP contribution in [0.4, 0.5) is 0 Å². The SMILES string of the molecule is CC(/C=N/NC(=O)c1ccc(Cl)c(Cl)c1)c1ccccc1. The third kappa shape index (κ3) is 4.31. The van der Waals surface area contributed by atoms with Crippen molar-refractivity contribution in [1.82, 2.24) is 5.43 Å². The lowest BCUT2D eigenvalue weighted by Crippen LogP contribution is -2.18. The molecule has 0 aliphatic rings. The average Bonchev–Trinajstić information content (AvgIpc) is 2.50. The molecule has 108 valence electrons. The average molecular weight is 321 g/mol. The zero-order valence-corrected chi connectivity index (χ0v) is 12.9. The highest BCUT2D eigenvalue weighted by atomic mass is 35.5. The van der Waals surface area contributed by atoms with Gasteiger partial charge in [-0.05, 0) is 23.8 Å². The van der Waals surface area contributed by atoms with Crippen LogP contribution >= 0.6 is 23.2 Å². The predicted octanol–water partition coefficient (Wildman–Crippen LogP) is 4.51. The molecule has 0 aromatic heterocycles. The summed E-state index contributed by atoms with van der Waals surface area (Å²) in [5.41, 5.74) is 4.02. The van der Waals surface area contributed by atoms with Crippen molar-refractivity contribution in [3.8, 4) is 0 Å². The van der Waals surface area contributed by atoms with Crippen LogP contribution in [0.1, 0.15) is 28.8 Å². The second kappa shape index (κ2) is 7.25. The number of carbonyl (C=O) groups is 1. The first kappa shape index (κ1) is 15.5. The van der Waals surface area contributed by atoms with Gasteiger partial charge in [0.2, 0.25) is 0 Å². The second-order valence-electron chi connectivity index (χ2n) is 4.55. The number of nitrogens with zero attached hydrogens (tertiary/aromatic N) is 1. The molecule has 1 unspecified atom stereocenters. The minimum absolute atomic E-state index is 0.111. The van der Waals surface area contributed by atoms with Crippen LogP contribution in [-0.2, 0) is 0 Å². The van der Waals surface area contributed by atoms with Crippen LogP contribution in [0.5, 0.6) is 0 Å². The summed E-state index contributed by atoms with van der Waals surface area (Å²) < 4.78 is 0. The van der Waals surface area contributed by atoms with Crippen molar-refractivity contribution in [1.29, 1.82) is 0 Å². The van der Waals surface area contributed by atoms with E-state index in [1.807, 2.05) is 37.3 Å². The molecular formula is C16H14Cl2N2O. The molecule has 1 atom stereocenters. The first-order chi connectivity index (χ1) is 10.1. The number of hydrogen-bond donors (Lipinski definition) is 1. The Morgan fingerprint density at radius 1 is 1.14 bits per heavy atom. The highest BCUT2D eigenvalue weighted by Crippen LogP contribution is 2.22. The monoisotopic (exact) mass is 320 g/mol. The number of amides is 1. The molecule has 0 saturated heterocycles. The smallest absolute Gasteiger partial charge is 0.267 e. The fourth-order valence-corrected chi connectivity index (χ4v) is 2.05. The fraction of sp³-hybridized carbons (Fsp3) is 0.125. The standard InChI is InChI=1S/C16H14Cl2N2O/c1-11(12-5-3-2-4-6-12)10-19-20-16(21)13-7-8-14(17)15(18)9-13/h2-11H,1H3,(H,20,21)/b19-10+. The minimum atomic E-state index is -0.329.